The van der Waals surface area contributed by atoms with Crippen molar-refractivity contribution < 1.29 is 23.7 Å². The lowest BCUT2D eigenvalue weighted by Crippen LogP contribution is -2.39. The van der Waals surface area contributed by atoms with E-state index in [0.717, 1.165) is 25.5 Å². The number of rotatable bonds is 6. The van der Waals surface area contributed by atoms with Crippen molar-refractivity contribution in [3.8, 4) is 17.2 Å². The van der Waals surface area contributed by atoms with Crippen molar-refractivity contribution in [2.75, 3.05) is 26.5 Å². The molecule has 1 saturated carbocycles. The van der Waals surface area contributed by atoms with Crippen LogP contribution in [0.5, 0.6) is 17.2 Å². The quantitative estimate of drug-likeness (QED) is 0.799. The number of amides is 1. The van der Waals surface area contributed by atoms with Gasteiger partial charge < -0.3 is 23.8 Å². The maximum absolute atomic E-state index is 12.6. The lowest BCUT2D eigenvalue weighted by Gasteiger charge is -2.22. The molecule has 2 atom stereocenters. The van der Waals surface area contributed by atoms with Crippen LogP contribution < -0.4 is 14.2 Å². The third-order valence-electron chi connectivity index (χ3n) is 4.73. The van der Waals surface area contributed by atoms with Gasteiger partial charge >= 0.3 is 0 Å². The highest BCUT2D eigenvalue weighted by atomic mass is 16.7. The largest absolute Gasteiger partial charge is 0.481 e. The first-order valence-corrected chi connectivity index (χ1v) is 8.66. The van der Waals surface area contributed by atoms with E-state index < -0.39 is 6.10 Å². The van der Waals surface area contributed by atoms with Gasteiger partial charge in [0, 0.05) is 25.8 Å². The predicted octanol–water partition coefficient (Wildman–Crippen LogP) is 2.21. The zero-order valence-corrected chi connectivity index (χ0v) is 13.9. The standard InChI is InChI=1S/C18H23NO5/c1-12(24-14-4-5-16-17(8-14)23-11-22-16)18(20)19-7-6-15(9-19)21-10-13-2-3-13/h4-5,8,12-13,15H,2-3,6-7,9-11H2,1H3. The SMILES string of the molecule is CC(Oc1ccc2c(c1)OCO2)C(=O)N1CCC(OCC2CC2)C1. The molecule has 6 nitrogen and oxygen atoms in total. The van der Waals surface area contributed by atoms with Crippen LogP contribution in [0.25, 0.3) is 0 Å². The first-order valence-electron chi connectivity index (χ1n) is 8.66. The molecule has 1 amide bonds. The maximum atomic E-state index is 12.6. The normalized spacial score (nSPS) is 23.4. The average molecular weight is 333 g/mol. The summed E-state index contributed by atoms with van der Waals surface area (Å²) in [4.78, 5) is 14.4. The van der Waals surface area contributed by atoms with Gasteiger partial charge in [-0.25, -0.2) is 0 Å². The second kappa shape index (κ2) is 6.51. The van der Waals surface area contributed by atoms with Gasteiger partial charge in [-0.1, -0.05) is 0 Å². The first kappa shape index (κ1) is 15.6. The number of likely N-dealkylation sites (tertiary alicyclic amines) is 1. The molecule has 2 fully saturated rings. The van der Waals surface area contributed by atoms with Crippen molar-refractivity contribution in [3.63, 3.8) is 0 Å². The van der Waals surface area contributed by atoms with Crippen LogP contribution >= 0.6 is 0 Å². The summed E-state index contributed by atoms with van der Waals surface area (Å²) in [5.41, 5.74) is 0. The summed E-state index contributed by atoms with van der Waals surface area (Å²) in [6.45, 7) is 4.26. The van der Waals surface area contributed by atoms with Crippen molar-refractivity contribution in [2.45, 2.75) is 38.4 Å². The molecule has 3 aliphatic rings. The van der Waals surface area contributed by atoms with Gasteiger partial charge in [-0.05, 0) is 44.2 Å². The van der Waals surface area contributed by atoms with Crippen LogP contribution in [0.4, 0.5) is 0 Å². The molecule has 4 rings (SSSR count). The number of ether oxygens (including phenoxy) is 4. The molecule has 1 aromatic rings. The molecule has 0 spiro atoms. The Balaban J connectivity index is 1.29. The Morgan fingerprint density at radius 2 is 2.12 bits per heavy atom. The molecule has 0 N–H and O–H groups in total. The van der Waals surface area contributed by atoms with Gasteiger partial charge in [0.2, 0.25) is 6.79 Å². The lowest BCUT2D eigenvalue weighted by atomic mass is 10.3. The predicted molar refractivity (Wildman–Crippen MR) is 86.3 cm³/mol. The van der Waals surface area contributed by atoms with E-state index in [4.69, 9.17) is 18.9 Å². The topological polar surface area (TPSA) is 57.2 Å². The minimum absolute atomic E-state index is 0.00480. The number of fused-ring (bicyclic) bond motifs is 1. The number of benzene rings is 1. The van der Waals surface area contributed by atoms with E-state index in [9.17, 15) is 4.79 Å². The second-order valence-corrected chi connectivity index (χ2v) is 6.75. The van der Waals surface area contributed by atoms with Gasteiger partial charge in [-0.3, -0.25) is 4.79 Å². The Kier molecular flexibility index (Phi) is 4.22. The first-order chi connectivity index (χ1) is 11.7. The Morgan fingerprint density at radius 1 is 1.29 bits per heavy atom. The number of carbonyl (C=O) groups is 1. The highest BCUT2D eigenvalue weighted by Gasteiger charge is 2.32. The van der Waals surface area contributed by atoms with Crippen LogP contribution in [0.15, 0.2) is 18.2 Å². The van der Waals surface area contributed by atoms with Crippen molar-refractivity contribution >= 4 is 5.91 Å². The number of nitrogens with zero attached hydrogens (tertiary/aromatic N) is 1. The molecule has 130 valence electrons. The van der Waals surface area contributed by atoms with E-state index >= 15 is 0 Å². The molecule has 1 aliphatic carbocycles. The minimum Gasteiger partial charge on any atom is -0.481 e. The Labute approximate surface area is 141 Å². The zero-order chi connectivity index (χ0) is 16.5. The molecule has 24 heavy (non-hydrogen) atoms. The molecule has 2 heterocycles. The highest BCUT2D eigenvalue weighted by Crippen LogP contribution is 2.35. The summed E-state index contributed by atoms with van der Waals surface area (Å²) < 4.78 is 22.3. The summed E-state index contributed by atoms with van der Waals surface area (Å²) in [5.74, 6) is 2.73. The summed E-state index contributed by atoms with van der Waals surface area (Å²) >= 11 is 0. The van der Waals surface area contributed by atoms with Crippen LogP contribution in [0.2, 0.25) is 0 Å². The van der Waals surface area contributed by atoms with Crippen LogP contribution in [-0.4, -0.2) is 49.5 Å². The van der Waals surface area contributed by atoms with Crippen LogP contribution in [0.3, 0.4) is 0 Å². The molecule has 1 saturated heterocycles. The third kappa shape index (κ3) is 3.43. The monoisotopic (exact) mass is 333 g/mol. The molecule has 2 unspecified atom stereocenters. The van der Waals surface area contributed by atoms with Gasteiger partial charge in [-0.2, -0.15) is 0 Å². The highest BCUT2D eigenvalue weighted by molar-refractivity contribution is 5.81. The average Bonchev–Trinajstić information content (AvgIpc) is 3.10. The fourth-order valence-electron chi connectivity index (χ4n) is 3.08. The van der Waals surface area contributed by atoms with Crippen LogP contribution in [0, 0.1) is 5.92 Å². The van der Waals surface area contributed by atoms with E-state index in [-0.39, 0.29) is 18.8 Å². The smallest absolute Gasteiger partial charge is 0.263 e. The van der Waals surface area contributed by atoms with Gasteiger partial charge in [0.15, 0.2) is 17.6 Å². The van der Waals surface area contributed by atoms with E-state index in [1.807, 2.05) is 4.90 Å². The molecular weight excluding hydrogens is 310 g/mol. The fourth-order valence-corrected chi connectivity index (χ4v) is 3.08. The van der Waals surface area contributed by atoms with Gasteiger partial charge in [-0.15, -0.1) is 0 Å². The summed E-state index contributed by atoms with van der Waals surface area (Å²) in [6, 6.07) is 5.35. The Hall–Kier alpha value is -1.95. The van der Waals surface area contributed by atoms with E-state index in [1.165, 1.54) is 12.8 Å². The zero-order valence-electron chi connectivity index (χ0n) is 13.9. The molecule has 0 radical (unpaired) electrons. The van der Waals surface area contributed by atoms with Crippen molar-refractivity contribution in [1.29, 1.82) is 0 Å². The van der Waals surface area contributed by atoms with Gasteiger partial charge in [0.05, 0.1) is 6.10 Å². The lowest BCUT2D eigenvalue weighted by molar-refractivity contribution is -0.137. The maximum Gasteiger partial charge on any atom is 0.263 e. The number of hydrogen-bond donors (Lipinski definition) is 0. The van der Waals surface area contributed by atoms with Crippen LogP contribution in [0.1, 0.15) is 26.2 Å². The molecule has 1 aromatic carbocycles. The summed E-state index contributed by atoms with van der Waals surface area (Å²) in [7, 11) is 0. The van der Waals surface area contributed by atoms with Crippen molar-refractivity contribution in [3.05, 3.63) is 18.2 Å². The van der Waals surface area contributed by atoms with Gasteiger partial charge in [0.1, 0.15) is 5.75 Å². The summed E-state index contributed by atoms with van der Waals surface area (Å²) in [6.07, 6.45) is 3.13. The Bertz CT molecular complexity index is 615. The van der Waals surface area contributed by atoms with E-state index in [1.54, 1.807) is 25.1 Å². The van der Waals surface area contributed by atoms with Crippen LogP contribution in [-0.2, 0) is 9.53 Å². The van der Waals surface area contributed by atoms with Gasteiger partial charge in [0.25, 0.3) is 5.91 Å². The number of hydrogen-bond acceptors (Lipinski definition) is 5. The molecule has 6 heteroatoms. The van der Waals surface area contributed by atoms with E-state index in [0.29, 0.717) is 23.8 Å². The fraction of sp³-hybridized carbons (Fsp3) is 0.611. The third-order valence-corrected chi connectivity index (χ3v) is 4.73. The van der Waals surface area contributed by atoms with Crippen molar-refractivity contribution in [2.24, 2.45) is 5.92 Å². The number of carbonyl (C=O) groups excluding carboxylic acids is 1. The molecule has 0 aromatic heterocycles. The minimum atomic E-state index is -0.535. The van der Waals surface area contributed by atoms with Crippen molar-refractivity contribution in [1.82, 2.24) is 4.90 Å². The molecule has 0 bridgehead atoms. The molecule has 2 aliphatic heterocycles. The Morgan fingerprint density at radius 3 is 2.96 bits per heavy atom. The molecular formula is C18H23NO5. The second-order valence-electron chi connectivity index (χ2n) is 6.75. The van der Waals surface area contributed by atoms with E-state index in [2.05, 4.69) is 0 Å². The summed E-state index contributed by atoms with van der Waals surface area (Å²) in [5, 5.41) is 0.